The van der Waals surface area contributed by atoms with Crippen molar-refractivity contribution in [2.75, 3.05) is 6.26 Å². The van der Waals surface area contributed by atoms with Gasteiger partial charge in [0.2, 0.25) is 0 Å². The number of hydrogen-bond acceptors (Lipinski definition) is 4. The van der Waals surface area contributed by atoms with Gasteiger partial charge in [0.15, 0.2) is 9.84 Å². The van der Waals surface area contributed by atoms with E-state index in [0.717, 1.165) is 12.3 Å². The van der Waals surface area contributed by atoms with Gasteiger partial charge in [0.05, 0.1) is 27.1 Å². The van der Waals surface area contributed by atoms with Gasteiger partial charge in [-0.3, -0.25) is 4.79 Å². The lowest BCUT2D eigenvalue weighted by Gasteiger charge is -2.41. The summed E-state index contributed by atoms with van der Waals surface area (Å²) in [6.45, 7) is 0. The van der Waals surface area contributed by atoms with E-state index in [2.05, 4.69) is 5.32 Å². The molecule has 10 heteroatoms. The standard InChI is InChI=1S/C21H21Cl2F2NO4S/c1-31(29,30)17-6-5-12(22)11-15(17)20(27)26-19(14-3-2-4-16(25)18(14)23)21(28)9-7-13(24)8-10-21/h2-6,11,13,19,28H,7-10H2,1H3,(H,26,27). The maximum atomic E-state index is 14.1. The summed E-state index contributed by atoms with van der Waals surface area (Å²) in [7, 11) is -3.78. The van der Waals surface area contributed by atoms with E-state index >= 15 is 0 Å². The molecule has 1 aliphatic carbocycles. The average molecular weight is 492 g/mol. The van der Waals surface area contributed by atoms with E-state index in [9.17, 15) is 27.1 Å². The van der Waals surface area contributed by atoms with Crippen molar-refractivity contribution in [3.63, 3.8) is 0 Å². The molecule has 1 amide bonds. The molecule has 0 aromatic heterocycles. The highest BCUT2D eigenvalue weighted by Crippen LogP contribution is 2.42. The zero-order chi connectivity index (χ0) is 23.0. The van der Waals surface area contributed by atoms with Gasteiger partial charge >= 0.3 is 0 Å². The van der Waals surface area contributed by atoms with Crippen LogP contribution < -0.4 is 5.32 Å². The summed E-state index contributed by atoms with van der Waals surface area (Å²) in [5.74, 6) is -1.59. The number of amides is 1. The van der Waals surface area contributed by atoms with Crippen molar-refractivity contribution in [3.8, 4) is 0 Å². The molecule has 0 spiro atoms. The molecule has 1 atom stereocenters. The van der Waals surface area contributed by atoms with Crippen molar-refractivity contribution < 1.29 is 27.1 Å². The van der Waals surface area contributed by atoms with Crippen LogP contribution in [-0.4, -0.2) is 37.5 Å². The second-order valence-electron chi connectivity index (χ2n) is 7.74. The zero-order valence-corrected chi connectivity index (χ0v) is 18.9. The van der Waals surface area contributed by atoms with Gasteiger partial charge in [0.25, 0.3) is 5.91 Å². The number of alkyl halides is 1. The van der Waals surface area contributed by atoms with Crippen LogP contribution in [0.4, 0.5) is 8.78 Å². The SMILES string of the molecule is CS(=O)(=O)c1ccc(Cl)cc1C(=O)NC(c1cccc(F)c1Cl)C1(O)CCC(F)CC1. The molecule has 0 saturated heterocycles. The lowest BCUT2D eigenvalue weighted by atomic mass is 9.76. The summed E-state index contributed by atoms with van der Waals surface area (Å²) >= 11 is 12.1. The fraction of sp³-hybridized carbons (Fsp3) is 0.381. The molecule has 2 aromatic carbocycles. The molecule has 1 unspecified atom stereocenters. The summed E-state index contributed by atoms with van der Waals surface area (Å²) in [4.78, 5) is 12.9. The third kappa shape index (κ3) is 5.19. The third-order valence-corrected chi connectivity index (χ3v) is 7.26. The number of carbonyl (C=O) groups is 1. The van der Waals surface area contributed by atoms with Gasteiger partial charge in [-0.2, -0.15) is 0 Å². The van der Waals surface area contributed by atoms with Crippen molar-refractivity contribution in [2.45, 2.75) is 48.4 Å². The molecule has 3 rings (SSSR count). The highest BCUT2D eigenvalue weighted by atomic mass is 35.5. The molecular formula is C21H21Cl2F2NO4S. The zero-order valence-electron chi connectivity index (χ0n) is 16.5. The van der Waals surface area contributed by atoms with Crippen molar-refractivity contribution in [3.05, 3.63) is 63.4 Å². The van der Waals surface area contributed by atoms with Crippen LogP contribution in [0, 0.1) is 5.82 Å². The van der Waals surface area contributed by atoms with Gasteiger partial charge in [-0.25, -0.2) is 17.2 Å². The Labute approximate surface area is 189 Å². The van der Waals surface area contributed by atoms with Gasteiger partial charge in [-0.15, -0.1) is 0 Å². The Bertz CT molecular complexity index is 1100. The molecule has 168 valence electrons. The van der Waals surface area contributed by atoms with Crippen LogP contribution in [-0.2, 0) is 9.84 Å². The lowest BCUT2D eigenvalue weighted by Crippen LogP contribution is -2.48. The van der Waals surface area contributed by atoms with Gasteiger partial charge in [-0.1, -0.05) is 35.3 Å². The Kier molecular flexibility index (Phi) is 6.96. The molecule has 0 aliphatic heterocycles. The third-order valence-electron chi connectivity index (χ3n) is 5.47. The predicted octanol–water partition coefficient (Wildman–Crippen LogP) is 4.65. The van der Waals surface area contributed by atoms with Crippen molar-refractivity contribution in [2.24, 2.45) is 0 Å². The van der Waals surface area contributed by atoms with E-state index in [0.29, 0.717) is 0 Å². The molecule has 5 nitrogen and oxygen atoms in total. The van der Waals surface area contributed by atoms with Crippen LogP contribution in [0.3, 0.4) is 0 Å². The normalized spacial score (nSPS) is 22.7. The second-order valence-corrected chi connectivity index (χ2v) is 10.5. The lowest BCUT2D eigenvalue weighted by molar-refractivity contribution is -0.0446. The molecule has 1 fully saturated rings. The Hall–Kier alpha value is -1.74. The predicted molar refractivity (Wildman–Crippen MR) is 114 cm³/mol. The minimum atomic E-state index is -3.78. The minimum absolute atomic E-state index is 0.000431. The minimum Gasteiger partial charge on any atom is -0.387 e. The number of rotatable bonds is 5. The number of nitrogens with one attached hydrogen (secondary N) is 1. The Morgan fingerprint density at radius 3 is 2.48 bits per heavy atom. The van der Waals surface area contributed by atoms with E-state index in [4.69, 9.17) is 23.2 Å². The number of carbonyl (C=O) groups excluding carboxylic acids is 1. The Morgan fingerprint density at radius 1 is 1.23 bits per heavy atom. The highest BCUT2D eigenvalue weighted by Gasteiger charge is 2.43. The molecular weight excluding hydrogens is 471 g/mol. The maximum Gasteiger partial charge on any atom is 0.253 e. The molecule has 2 N–H and O–H groups in total. The molecule has 2 aromatic rings. The van der Waals surface area contributed by atoms with Crippen LogP contribution in [0.1, 0.15) is 47.6 Å². The summed E-state index contributed by atoms with van der Waals surface area (Å²) in [5, 5.41) is 13.7. The van der Waals surface area contributed by atoms with Crippen molar-refractivity contribution >= 4 is 38.9 Å². The number of aliphatic hydroxyl groups is 1. The maximum absolute atomic E-state index is 14.1. The first kappa shape index (κ1) is 23.9. The van der Waals surface area contributed by atoms with Crippen LogP contribution >= 0.6 is 23.2 Å². The largest absolute Gasteiger partial charge is 0.387 e. The first-order chi connectivity index (χ1) is 14.4. The molecule has 1 saturated carbocycles. The number of halogens is 4. The van der Waals surface area contributed by atoms with Crippen LogP contribution in [0.15, 0.2) is 41.3 Å². The number of sulfone groups is 1. The van der Waals surface area contributed by atoms with Crippen LogP contribution in [0.2, 0.25) is 10.0 Å². The van der Waals surface area contributed by atoms with Gasteiger partial charge in [0, 0.05) is 11.3 Å². The van der Waals surface area contributed by atoms with Crippen LogP contribution in [0.25, 0.3) is 0 Å². The summed E-state index contributed by atoms with van der Waals surface area (Å²) < 4.78 is 52.2. The fourth-order valence-corrected chi connectivity index (χ4v) is 5.10. The first-order valence-corrected chi connectivity index (χ1v) is 12.2. The summed E-state index contributed by atoms with van der Waals surface area (Å²) in [6.07, 6.45) is -0.0297. The molecule has 1 aliphatic rings. The van der Waals surface area contributed by atoms with E-state index < -0.39 is 39.4 Å². The van der Waals surface area contributed by atoms with Gasteiger partial charge in [0.1, 0.15) is 12.0 Å². The van der Waals surface area contributed by atoms with Crippen LogP contribution in [0.5, 0.6) is 0 Å². The number of benzene rings is 2. The quantitative estimate of drug-likeness (QED) is 0.637. The molecule has 0 bridgehead atoms. The smallest absolute Gasteiger partial charge is 0.253 e. The Balaban J connectivity index is 2.07. The molecule has 0 heterocycles. The monoisotopic (exact) mass is 491 g/mol. The van der Waals surface area contributed by atoms with E-state index in [1.807, 2.05) is 0 Å². The summed E-state index contributed by atoms with van der Waals surface area (Å²) in [5.41, 5.74) is -1.73. The first-order valence-electron chi connectivity index (χ1n) is 9.53. The van der Waals surface area contributed by atoms with E-state index in [1.165, 1.54) is 30.3 Å². The highest BCUT2D eigenvalue weighted by molar-refractivity contribution is 7.90. The molecule has 0 radical (unpaired) electrons. The Morgan fingerprint density at radius 2 is 1.87 bits per heavy atom. The van der Waals surface area contributed by atoms with Gasteiger partial charge < -0.3 is 10.4 Å². The summed E-state index contributed by atoms with van der Waals surface area (Å²) in [6, 6.07) is 6.49. The number of hydrogen-bond donors (Lipinski definition) is 2. The van der Waals surface area contributed by atoms with Crippen molar-refractivity contribution in [1.29, 1.82) is 0 Å². The van der Waals surface area contributed by atoms with Gasteiger partial charge in [-0.05, 0) is 55.5 Å². The molecule has 31 heavy (non-hydrogen) atoms. The topological polar surface area (TPSA) is 83.5 Å². The fourth-order valence-electron chi connectivity index (χ4n) is 3.83. The second kappa shape index (κ2) is 9.02. The average Bonchev–Trinajstić information content (AvgIpc) is 2.69. The van der Waals surface area contributed by atoms with Crippen molar-refractivity contribution in [1.82, 2.24) is 5.32 Å². The van der Waals surface area contributed by atoms with E-state index in [-0.39, 0.29) is 51.8 Å². The van der Waals surface area contributed by atoms with E-state index in [1.54, 1.807) is 0 Å².